The number of hydrogen-bond donors (Lipinski definition) is 2. The van der Waals surface area contributed by atoms with Gasteiger partial charge in [-0.25, -0.2) is 13.4 Å². The van der Waals surface area contributed by atoms with E-state index in [1.165, 1.54) is 17.9 Å². The van der Waals surface area contributed by atoms with Gasteiger partial charge in [0.15, 0.2) is 5.84 Å². The van der Waals surface area contributed by atoms with E-state index in [1.807, 2.05) is 20.8 Å². The molecule has 0 unspecified atom stereocenters. The van der Waals surface area contributed by atoms with Crippen molar-refractivity contribution in [2.24, 2.45) is 10.8 Å². The Balaban J connectivity index is 1.68. The number of ether oxygens (including phenoxy) is 1. The highest BCUT2D eigenvalue weighted by Gasteiger charge is 2.34. The van der Waals surface area contributed by atoms with E-state index in [1.54, 1.807) is 22.5 Å². The van der Waals surface area contributed by atoms with Crippen LogP contribution in [0.25, 0.3) is 0 Å². The zero-order valence-electron chi connectivity index (χ0n) is 23.4. The molecule has 0 saturated carbocycles. The molecule has 10 nitrogen and oxygen atoms in total. The van der Waals surface area contributed by atoms with Gasteiger partial charge in [-0.05, 0) is 76.7 Å². The monoisotopic (exact) mass is 558 g/mol. The van der Waals surface area contributed by atoms with Crippen LogP contribution in [-0.4, -0.2) is 73.2 Å². The van der Waals surface area contributed by atoms with Crippen molar-refractivity contribution in [3.05, 3.63) is 47.4 Å². The van der Waals surface area contributed by atoms with Gasteiger partial charge in [-0.2, -0.15) is 4.31 Å². The van der Waals surface area contributed by atoms with Crippen LogP contribution < -0.4 is 15.8 Å². The third-order valence-corrected chi connectivity index (χ3v) is 9.50. The summed E-state index contributed by atoms with van der Waals surface area (Å²) in [4.78, 5) is 15.9. The first-order chi connectivity index (χ1) is 18.7. The number of piperidine rings is 1. The number of nitrogens with one attached hydrogen (secondary N) is 1. The molecule has 3 aliphatic rings. The zero-order valence-corrected chi connectivity index (χ0v) is 24.2. The lowest BCUT2D eigenvalue weighted by molar-refractivity contribution is -0.118. The van der Waals surface area contributed by atoms with Crippen molar-refractivity contribution in [1.29, 1.82) is 0 Å². The number of likely N-dealkylation sites (tertiary alicyclic amines) is 1. The summed E-state index contributed by atoms with van der Waals surface area (Å²) < 4.78 is 34.8. The van der Waals surface area contributed by atoms with Crippen LogP contribution >= 0.6 is 0 Å². The van der Waals surface area contributed by atoms with E-state index in [9.17, 15) is 13.2 Å². The molecule has 0 spiro atoms. The minimum atomic E-state index is -3.75. The highest BCUT2D eigenvalue weighted by molar-refractivity contribution is 7.89. The highest BCUT2D eigenvalue weighted by Crippen LogP contribution is 2.31. The lowest BCUT2D eigenvalue weighted by Crippen LogP contribution is -2.46. The van der Waals surface area contributed by atoms with E-state index >= 15 is 0 Å². The predicted molar refractivity (Wildman–Crippen MR) is 152 cm³/mol. The molecule has 3 aliphatic heterocycles. The summed E-state index contributed by atoms with van der Waals surface area (Å²) >= 11 is 0. The third kappa shape index (κ3) is 6.15. The minimum absolute atomic E-state index is 0.144. The first-order valence-corrected chi connectivity index (χ1v) is 15.5. The molecule has 11 heteroatoms. The Bertz CT molecular complexity index is 1240. The van der Waals surface area contributed by atoms with Crippen LogP contribution in [0.15, 0.2) is 51.9 Å². The third-order valence-electron chi connectivity index (χ3n) is 7.61. The van der Waals surface area contributed by atoms with E-state index in [0.29, 0.717) is 61.3 Å². The second-order valence-corrected chi connectivity index (χ2v) is 12.2. The summed E-state index contributed by atoms with van der Waals surface area (Å²) in [5.41, 5.74) is 7.84. The molecular formula is C28H42N6O4S. The number of allylic oxidation sites excluding steroid dienone is 2. The van der Waals surface area contributed by atoms with Crippen molar-refractivity contribution < 1.29 is 17.9 Å². The molecule has 0 aromatic heterocycles. The van der Waals surface area contributed by atoms with Crippen molar-refractivity contribution in [3.8, 4) is 5.75 Å². The molecule has 1 amide bonds. The molecule has 0 bridgehead atoms. The van der Waals surface area contributed by atoms with Crippen LogP contribution in [0.2, 0.25) is 0 Å². The number of nitrogens with two attached hydrogens (primary N) is 1. The number of rotatable bonds is 10. The van der Waals surface area contributed by atoms with Gasteiger partial charge in [0, 0.05) is 30.5 Å². The van der Waals surface area contributed by atoms with E-state index in [-0.39, 0.29) is 16.4 Å². The summed E-state index contributed by atoms with van der Waals surface area (Å²) in [5.74, 6) is 0.203. The fourth-order valence-electron chi connectivity index (χ4n) is 5.47. The number of hydrazone groups is 1. The van der Waals surface area contributed by atoms with Gasteiger partial charge in [-0.15, -0.1) is 5.10 Å². The summed E-state index contributed by atoms with van der Waals surface area (Å²) in [7, 11) is -3.75. The molecule has 4 rings (SSSR count). The van der Waals surface area contributed by atoms with Crippen LogP contribution in [-0.2, 0) is 14.8 Å². The van der Waals surface area contributed by atoms with Crippen molar-refractivity contribution in [1.82, 2.24) is 19.5 Å². The van der Waals surface area contributed by atoms with Gasteiger partial charge >= 0.3 is 0 Å². The van der Waals surface area contributed by atoms with E-state index < -0.39 is 15.9 Å². The average Bonchev–Trinajstić information content (AvgIpc) is 3.48. The average molecular weight is 559 g/mol. The molecule has 2 saturated heterocycles. The van der Waals surface area contributed by atoms with Crippen molar-refractivity contribution >= 4 is 21.8 Å². The van der Waals surface area contributed by atoms with E-state index in [4.69, 9.17) is 15.6 Å². The number of carbonyl (C=O) groups is 1. The number of benzene rings is 1. The number of amides is 1. The van der Waals surface area contributed by atoms with Crippen LogP contribution in [0, 0.1) is 0 Å². The Hall–Kier alpha value is -2.89. The smallest absolute Gasteiger partial charge is 0.277 e. The molecule has 0 aliphatic carbocycles. The Morgan fingerprint density at radius 3 is 2.46 bits per heavy atom. The standard InChI is InChI=1S/C28H42N6O4S/c1-5-10-20(4)34-26(24(29)6-2)28(35)30-27(31-34)23-19-22(11-12-25(23)38-7-3)39(36,37)33-17-13-21(14-18-33)32-15-8-9-16-32/h11-12,19,21H,4-10,13-18,29H2,1-3H3,(H,30,31,35)/b26-24-. The van der Waals surface area contributed by atoms with Gasteiger partial charge in [0.1, 0.15) is 11.4 Å². The number of carbonyl (C=O) groups excluding carboxylic acids is 1. The van der Waals surface area contributed by atoms with Crippen molar-refractivity contribution in [2.45, 2.75) is 76.7 Å². The molecule has 3 N–H and O–H groups in total. The molecule has 0 atom stereocenters. The number of amidine groups is 1. The lowest BCUT2D eigenvalue weighted by atomic mass is 10.1. The van der Waals surface area contributed by atoms with Gasteiger partial charge < -0.3 is 20.7 Å². The van der Waals surface area contributed by atoms with Crippen LogP contribution in [0.3, 0.4) is 0 Å². The zero-order chi connectivity index (χ0) is 28.2. The van der Waals surface area contributed by atoms with E-state index in [0.717, 1.165) is 32.4 Å². The first kappa shape index (κ1) is 29.1. The summed E-state index contributed by atoms with van der Waals surface area (Å²) in [6.45, 7) is 13.4. The Labute approximate surface area is 232 Å². The molecule has 3 heterocycles. The topological polar surface area (TPSA) is 121 Å². The number of nitrogens with zero attached hydrogens (tertiary/aromatic N) is 4. The normalized spacial score (nSPS) is 21.1. The molecule has 2 fully saturated rings. The first-order valence-electron chi connectivity index (χ1n) is 14.1. The van der Waals surface area contributed by atoms with E-state index in [2.05, 4.69) is 16.8 Å². The van der Waals surface area contributed by atoms with Crippen molar-refractivity contribution in [2.75, 3.05) is 32.8 Å². The minimum Gasteiger partial charge on any atom is -0.493 e. The maximum Gasteiger partial charge on any atom is 0.277 e. The molecule has 1 aromatic rings. The summed E-state index contributed by atoms with van der Waals surface area (Å²) in [5, 5.41) is 8.99. The Kier molecular flexibility index (Phi) is 9.35. The van der Waals surface area contributed by atoms with Crippen LogP contribution in [0.5, 0.6) is 5.75 Å². The number of hydrogen-bond acceptors (Lipinski definition) is 8. The van der Waals surface area contributed by atoms with Gasteiger partial charge in [-0.1, -0.05) is 26.8 Å². The summed E-state index contributed by atoms with van der Waals surface area (Å²) in [6, 6.07) is 5.19. The Morgan fingerprint density at radius 1 is 1.15 bits per heavy atom. The maximum absolute atomic E-state index is 13.7. The summed E-state index contributed by atoms with van der Waals surface area (Å²) in [6.07, 6.45) is 6.00. The highest BCUT2D eigenvalue weighted by atomic mass is 32.2. The quantitative estimate of drug-likeness (QED) is 0.423. The van der Waals surface area contributed by atoms with Gasteiger partial charge in [0.25, 0.3) is 5.91 Å². The van der Waals surface area contributed by atoms with Gasteiger partial charge in [0.2, 0.25) is 10.0 Å². The molecule has 0 radical (unpaired) electrons. The predicted octanol–water partition coefficient (Wildman–Crippen LogP) is 3.32. The second kappa shape index (κ2) is 12.5. The lowest BCUT2D eigenvalue weighted by Gasteiger charge is -2.36. The fourth-order valence-corrected chi connectivity index (χ4v) is 6.97. The molecular weight excluding hydrogens is 516 g/mol. The SMILES string of the molecule is C=C(CCC)N1N=C(c2cc(S(=O)(=O)N3CCC(N4CCCC4)CC3)ccc2OCC)NC(=O)/C1=C(/N)CC. The molecule has 1 aromatic carbocycles. The largest absolute Gasteiger partial charge is 0.493 e. The fraction of sp³-hybridized carbons (Fsp3) is 0.571. The Morgan fingerprint density at radius 2 is 1.85 bits per heavy atom. The maximum atomic E-state index is 13.7. The molecule has 39 heavy (non-hydrogen) atoms. The van der Waals surface area contributed by atoms with Gasteiger partial charge in [-0.3, -0.25) is 4.79 Å². The number of sulfonamides is 1. The van der Waals surface area contributed by atoms with Crippen LogP contribution in [0.1, 0.15) is 71.3 Å². The van der Waals surface area contributed by atoms with Gasteiger partial charge in [0.05, 0.1) is 17.1 Å². The molecule has 214 valence electrons. The second-order valence-electron chi connectivity index (χ2n) is 10.2. The van der Waals surface area contributed by atoms with Crippen LogP contribution in [0.4, 0.5) is 0 Å². The van der Waals surface area contributed by atoms with Crippen molar-refractivity contribution in [3.63, 3.8) is 0 Å².